The number of ether oxygens (including phenoxy) is 2. The van der Waals surface area contributed by atoms with E-state index in [0.717, 1.165) is 17.0 Å². The highest BCUT2D eigenvalue weighted by Gasteiger charge is 2.58. The van der Waals surface area contributed by atoms with Crippen LogP contribution in [0.15, 0.2) is 28.7 Å². The average molecular weight is 609 g/mol. The van der Waals surface area contributed by atoms with E-state index < -0.39 is 77.5 Å². The fourth-order valence-electron chi connectivity index (χ4n) is 4.51. The van der Waals surface area contributed by atoms with E-state index in [1.54, 1.807) is 0 Å². The zero-order valence-corrected chi connectivity index (χ0v) is 21.0. The molecule has 3 aromatic rings. The van der Waals surface area contributed by atoms with E-state index in [1.165, 1.54) is 6.07 Å². The largest absolute Gasteiger partial charge is 0.586 e. The third kappa shape index (κ3) is 5.37. The van der Waals surface area contributed by atoms with Crippen LogP contribution in [0.2, 0.25) is 0 Å². The molecule has 5 rings (SSSR count). The van der Waals surface area contributed by atoms with E-state index in [-0.39, 0.29) is 42.9 Å². The predicted molar refractivity (Wildman–Crippen MR) is 123 cm³/mol. The number of amides is 1. The number of carbonyl (C=O) groups excluding carboxylic acids is 1. The number of rotatable bonds is 2. The topological polar surface area (TPSA) is 137 Å². The number of fused-ring (bicyclic) bond motifs is 6. The number of hydrogen-bond acceptors (Lipinski definition) is 9. The van der Waals surface area contributed by atoms with Crippen molar-refractivity contribution in [1.82, 2.24) is 20.1 Å². The van der Waals surface area contributed by atoms with Crippen LogP contribution < -0.4 is 15.2 Å². The van der Waals surface area contributed by atoms with Crippen LogP contribution in [0.4, 0.5) is 40.8 Å². The third-order valence-electron chi connectivity index (χ3n) is 6.60. The van der Waals surface area contributed by atoms with Gasteiger partial charge < -0.3 is 29.6 Å². The second kappa shape index (κ2) is 9.95. The zero-order valence-electron chi connectivity index (χ0n) is 21.0. The van der Waals surface area contributed by atoms with Gasteiger partial charge in [-0.05, 0) is 43.0 Å². The Kier molecular flexibility index (Phi) is 6.94. The molecular weight excluding hydrogens is 590 g/mol. The summed E-state index contributed by atoms with van der Waals surface area (Å²) in [6.07, 6.45) is -15.6. The molecule has 4 bridgehead atoms. The van der Waals surface area contributed by atoms with Crippen LogP contribution in [0.5, 0.6) is 11.5 Å². The SMILES string of the molecule is Nc1cc(C(F)(F)F)c2nc1-c1nnc(o1)[C@@](O)(C(F)(F)F)CCCCCN(Cc1ccc3c(c1)OC(F)(F)O3)C2=O. The van der Waals surface area contributed by atoms with Crippen molar-refractivity contribution >= 4 is 11.6 Å². The number of alkyl halides is 8. The summed E-state index contributed by atoms with van der Waals surface area (Å²) >= 11 is 0. The Labute approximate surface area is 230 Å². The summed E-state index contributed by atoms with van der Waals surface area (Å²) in [5.74, 6) is -4.08. The lowest BCUT2D eigenvalue weighted by Gasteiger charge is -2.27. The number of aromatic nitrogens is 3. The maximum Gasteiger partial charge on any atom is 0.586 e. The van der Waals surface area contributed by atoms with Gasteiger partial charge in [0, 0.05) is 13.1 Å². The maximum absolute atomic E-state index is 14.0. The van der Waals surface area contributed by atoms with Crippen LogP contribution in [-0.2, 0) is 18.3 Å². The average Bonchev–Trinajstić information content (AvgIpc) is 3.48. The Morgan fingerprint density at radius 3 is 2.38 bits per heavy atom. The molecule has 0 unspecified atom stereocenters. The van der Waals surface area contributed by atoms with Crippen molar-refractivity contribution in [3.63, 3.8) is 0 Å². The third-order valence-corrected chi connectivity index (χ3v) is 6.60. The lowest BCUT2D eigenvalue weighted by atomic mass is 9.95. The summed E-state index contributed by atoms with van der Waals surface area (Å²) < 4.78 is 124. The number of nitrogens with two attached hydrogens (primary N) is 1. The smallest absolute Gasteiger partial charge is 0.416 e. The van der Waals surface area contributed by atoms with Crippen molar-refractivity contribution in [3.8, 4) is 23.1 Å². The molecule has 0 saturated carbocycles. The predicted octanol–water partition coefficient (Wildman–Crippen LogP) is 5.02. The molecule has 4 heterocycles. The van der Waals surface area contributed by atoms with Crippen LogP contribution in [-0.4, -0.2) is 50.1 Å². The van der Waals surface area contributed by atoms with Crippen LogP contribution >= 0.6 is 0 Å². The van der Waals surface area contributed by atoms with Crippen LogP contribution in [0.1, 0.15) is 53.2 Å². The van der Waals surface area contributed by atoms with E-state index in [2.05, 4.69) is 24.7 Å². The fourth-order valence-corrected chi connectivity index (χ4v) is 4.51. The molecular formula is C24H19F8N5O5. The Hall–Kier alpha value is -4.22. The lowest BCUT2D eigenvalue weighted by molar-refractivity contribution is -0.286. The Bertz CT molecular complexity index is 1530. The summed E-state index contributed by atoms with van der Waals surface area (Å²) in [5.41, 5.74) is -1.93. The van der Waals surface area contributed by atoms with Gasteiger partial charge in [-0.1, -0.05) is 12.5 Å². The molecule has 0 aliphatic carbocycles. The molecule has 18 heteroatoms. The molecule has 2 aliphatic rings. The first kappa shape index (κ1) is 29.3. The van der Waals surface area contributed by atoms with Gasteiger partial charge in [0.2, 0.25) is 5.60 Å². The molecule has 10 nitrogen and oxygen atoms in total. The van der Waals surface area contributed by atoms with Crippen molar-refractivity contribution in [2.45, 2.75) is 56.5 Å². The highest BCUT2D eigenvalue weighted by Crippen LogP contribution is 2.44. The molecule has 1 amide bonds. The zero-order chi connectivity index (χ0) is 30.7. The molecule has 0 fully saturated rings. The van der Waals surface area contributed by atoms with Crippen molar-refractivity contribution in [2.24, 2.45) is 0 Å². The second-order valence-electron chi connectivity index (χ2n) is 9.58. The number of hydrogen-bond donors (Lipinski definition) is 2. The van der Waals surface area contributed by atoms with Gasteiger partial charge in [-0.2, -0.15) is 26.3 Å². The molecule has 226 valence electrons. The van der Waals surface area contributed by atoms with Gasteiger partial charge in [0.1, 0.15) is 5.69 Å². The Morgan fingerprint density at radius 2 is 1.69 bits per heavy atom. The monoisotopic (exact) mass is 609 g/mol. The van der Waals surface area contributed by atoms with E-state index >= 15 is 0 Å². The normalized spacial score (nSPS) is 20.9. The molecule has 0 radical (unpaired) electrons. The quantitative estimate of drug-likeness (QED) is 0.384. The number of pyridine rings is 1. The summed E-state index contributed by atoms with van der Waals surface area (Å²) in [6.45, 7) is -0.720. The first-order valence-electron chi connectivity index (χ1n) is 12.2. The van der Waals surface area contributed by atoms with Crippen molar-refractivity contribution in [1.29, 1.82) is 0 Å². The van der Waals surface area contributed by atoms with E-state index in [1.807, 2.05) is 0 Å². The van der Waals surface area contributed by atoms with E-state index in [9.17, 15) is 45.0 Å². The molecule has 3 N–H and O–H groups in total. The van der Waals surface area contributed by atoms with Crippen LogP contribution in [0.25, 0.3) is 11.6 Å². The van der Waals surface area contributed by atoms with Gasteiger partial charge in [0.05, 0.1) is 11.3 Å². The Balaban J connectivity index is 1.60. The minimum Gasteiger partial charge on any atom is -0.416 e. The lowest BCUT2D eigenvalue weighted by Crippen LogP contribution is -2.42. The van der Waals surface area contributed by atoms with Crippen LogP contribution in [0, 0.1) is 0 Å². The van der Waals surface area contributed by atoms with Crippen molar-refractivity contribution in [3.05, 3.63) is 47.0 Å². The van der Waals surface area contributed by atoms with Crippen LogP contribution in [0.3, 0.4) is 0 Å². The van der Waals surface area contributed by atoms with Gasteiger partial charge >= 0.3 is 18.6 Å². The summed E-state index contributed by atoms with van der Waals surface area (Å²) in [6, 6.07) is 3.84. The summed E-state index contributed by atoms with van der Waals surface area (Å²) in [7, 11) is 0. The highest BCUT2D eigenvalue weighted by molar-refractivity contribution is 5.95. The highest BCUT2D eigenvalue weighted by atomic mass is 19.4. The van der Waals surface area contributed by atoms with Gasteiger partial charge in [-0.15, -0.1) is 19.0 Å². The standard InChI is InChI=1S/C24H19F8N5O5/c25-22(26,27)12-9-13(33)17-18-35-36-20(40-18)21(39,23(28,29)30)6-2-1-3-7-37(19(38)16(12)34-17)10-11-4-5-14-15(8-11)42-24(31,32)41-14/h4-5,8-9,39H,1-3,6-7,10,33H2/t21-/m1/s1. The molecule has 2 aromatic heterocycles. The molecule has 42 heavy (non-hydrogen) atoms. The number of benzene rings is 1. The number of carbonyl (C=O) groups is 1. The number of aliphatic hydroxyl groups is 1. The van der Waals surface area contributed by atoms with Gasteiger partial charge in [-0.3, -0.25) is 4.79 Å². The molecule has 2 aliphatic heterocycles. The second-order valence-corrected chi connectivity index (χ2v) is 9.58. The molecule has 1 aromatic carbocycles. The number of nitrogen functional groups attached to an aromatic ring is 1. The molecule has 1 atom stereocenters. The van der Waals surface area contributed by atoms with Crippen molar-refractivity contribution < 1.29 is 58.9 Å². The minimum absolute atomic E-state index is 0.0247. The van der Waals surface area contributed by atoms with Gasteiger partial charge in [-0.25, -0.2) is 4.98 Å². The molecule has 0 saturated heterocycles. The minimum atomic E-state index is -5.27. The number of halogens is 8. The van der Waals surface area contributed by atoms with Gasteiger partial charge in [0.15, 0.2) is 17.2 Å². The number of anilines is 1. The summed E-state index contributed by atoms with van der Waals surface area (Å²) in [5, 5.41) is 17.1. The fraction of sp³-hybridized carbons (Fsp3) is 0.417. The van der Waals surface area contributed by atoms with E-state index in [0.29, 0.717) is 6.07 Å². The number of nitrogens with zero attached hydrogens (tertiary/aromatic N) is 4. The summed E-state index contributed by atoms with van der Waals surface area (Å²) in [4.78, 5) is 18.2. The van der Waals surface area contributed by atoms with Crippen molar-refractivity contribution in [2.75, 3.05) is 12.3 Å². The van der Waals surface area contributed by atoms with E-state index in [4.69, 9.17) is 10.2 Å². The first-order chi connectivity index (χ1) is 19.5. The van der Waals surface area contributed by atoms with Gasteiger partial charge in [0.25, 0.3) is 17.7 Å². The molecule has 0 spiro atoms. The maximum atomic E-state index is 14.0. The Morgan fingerprint density at radius 1 is 0.976 bits per heavy atom. The first-order valence-corrected chi connectivity index (χ1v) is 12.2.